The summed E-state index contributed by atoms with van der Waals surface area (Å²) in [6, 6.07) is 11.5. The van der Waals surface area contributed by atoms with Gasteiger partial charge in [-0.15, -0.1) is 4.99 Å². The molecule has 1 aromatic rings. The summed E-state index contributed by atoms with van der Waals surface area (Å²) in [5, 5.41) is 2.97. The SMILES string of the molecule is CC(C)(C)[NH+]=C(N)N=C(N)N.CC(C)[NH+]=C(N)N=C(N)N.CCNC(N=C(N)N)=[NH+]CC.CC[NH+]=C(N)N=C(N)N.C[N+](C)=C(N)N=C(N)N.NC(=Nc1ccccc1)[NH+]=C(N)N.NC(N)=NC(N)=[NH+]C12CC3CC(CC(C3)C1)C2.NC(N)=NC(N)=[NH+]C1C=CCCC1.NC(N)=NC(N)=[NH+]C1CC2CCC1C2.NC(N)=NC(N)=[NH+]C1CC=CCC1.NC(N)=NC(N)=[NH+]C1CCCC1.NC(N)=NC(N)=[NH+]C1CCCCC1. The number of guanidine groups is 24. The number of aliphatic imine (C=N–C) groups is 12. The van der Waals surface area contributed by atoms with Gasteiger partial charge in [0.25, 0.3) is 71.5 Å². The third-order valence-corrected chi connectivity index (χ3v) is 20.8. The van der Waals surface area contributed by atoms with E-state index in [9.17, 15) is 0 Å². The molecule has 0 aromatic heterocycles. The van der Waals surface area contributed by atoms with Crippen molar-refractivity contribution in [2.24, 2.45) is 290 Å². The minimum atomic E-state index is -0.122. The topological polar surface area (TPSA) is 1230 Å². The van der Waals surface area contributed by atoms with Crippen molar-refractivity contribution in [3.05, 3.63) is 54.6 Å². The molecule has 8 saturated carbocycles. The molecule has 60 heteroatoms. The number of hydrogen-bond acceptors (Lipinski definition) is 1. The molecule has 10 aliphatic carbocycles. The molecule has 6 bridgehead atoms. The third-order valence-electron chi connectivity index (χ3n) is 20.8. The third kappa shape index (κ3) is 73.4. The van der Waals surface area contributed by atoms with Crippen LogP contribution >= 0.6 is 0 Å². The Morgan fingerprint density at radius 3 is 1.17 bits per heavy atom. The zero-order chi connectivity index (χ0) is 110. The summed E-state index contributed by atoms with van der Waals surface area (Å²) in [5.41, 5.74) is 185. The summed E-state index contributed by atoms with van der Waals surface area (Å²) in [7, 11) is 3.50. The monoisotopic (exact) mass is 2050 g/mol. The number of nitrogens with one attached hydrogen (secondary N) is 12. The smallest absolute Gasteiger partial charge is 0.356 e. The van der Waals surface area contributed by atoms with Gasteiger partial charge >= 0.3 is 71.5 Å². The van der Waals surface area contributed by atoms with Gasteiger partial charge in [-0.1, -0.05) is 61.8 Å². The minimum Gasteiger partial charge on any atom is -0.356 e. The molecule has 10 aliphatic rings. The summed E-state index contributed by atoms with van der Waals surface area (Å²) in [6.45, 7) is 17.9. The maximum absolute atomic E-state index is 5.85. The highest BCUT2D eigenvalue weighted by atomic mass is 15.2. The van der Waals surface area contributed by atoms with E-state index in [4.69, 9.17) is 201 Å². The first-order valence-electron chi connectivity index (χ1n) is 47.9. The average Bonchev–Trinajstić information content (AvgIpc) is 1.60. The van der Waals surface area contributed by atoms with Crippen LogP contribution in [0.5, 0.6) is 0 Å². The van der Waals surface area contributed by atoms with Gasteiger partial charge in [0.15, 0.2) is 0 Å². The van der Waals surface area contributed by atoms with Crippen LogP contribution in [-0.2, 0) is 0 Å². The van der Waals surface area contributed by atoms with Crippen molar-refractivity contribution in [2.75, 3.05) is 33.7 Å². The van der Waals surface area contributed by atoms with Crippen LogP contribution in [-0.4, -0.2) is 229 Å². The molecular weight excluding hydrogens is 1860 g/mol. The van der Waals surface area contributed by atoms with Crippen LogP contribution in [0.25, 0.3) is 0 Å². The van der Waals surface area contributed by atoms with E-state index in [2.05, 4.69) is 144 Å². The second-order valence-electron chi connectivity index (χ2n) is 36.2. The quantitative estimate of drug-likeness (QED) is 0.0423. The summed E-state index contributed by atoms with van der Waals surface area (Å²) in [6.07, 6.45) is 39.2. The Hall–Kier alpha value is -16.4. The van der Waals surface area contributed by atoms with Crippen molar-refractivity contribution < 1.29 is 59.5 Å². The molecule has 1 aromatic carbocycles. The molecule has 816 valence electrons. The molecule has 0 heterocycles. The molecule has 82 N–H and O–H groups in total. The summed E-state index contributed by atoms with van der Waals surface area (Å²) in [5.74, 6) is 8.04. The summed E-state index contributed by atoms with van der Waals surface area (Å²) < 4.78 is 1.61. The van der Waals surface area contributed by atoms with E-state index in [0.717, 1.165) is 106 Å². The number of nitrogens with two attached hydrogens (primary N) is 35. The number of allylic oxidation sites excluding steroid dienone is 2. The Labute approximate surface area is 851 Å². The second-order valence-corrected chi connectivity index (χ2v) is 36.2. The van der Waals surface area contributed by atoms with Crippen molar-refractivity contribution in [1.82, 2.24) is 5.32 Å². The predicted molar refractivity (Wildman–Crippen MR) is 587 cm³/mol. The Kier molecular flexibility index (Phi) is 65.6. The van der Waals surface area contributed by atoms with Crippen LogP contribution < -0.4 is 261 Å². The molecule has 11 rings (SSSR count). The fraction of sp³-hybridized carbons (Fsp3) is 0.600. The largest absolute Gasteiger partial charge is 0.388 e. The van der Waals surface area contributed by atoms with Crippen molar-refractivity contribution in [3.8, 4) is 0 Å². The van der Waals surface area contributed by atoms with Gasteiger partial charge in [-0.05, 0) is 293 Å². The number of para-hydroxylation sites is 1. The molecular formula is C85H188N60+12. The van der Waals surface area contributed by atoms with Gasteiger partial charge < -0.3 is 143 Å². The van der Waals surface area contributed by atoms with Crippen molar-refractivity contribution >= 4 is 149 Å². The lowest BCUT2D eigenvalue weighted by Gasteiger charge is -2.54. The van der Waals surface area contributed by atoms with Crippen molar-refractivity contribution in [2.45, 2.75) is 263 Å². The lowest BCUT2D eigenvalue weighted by molar-refractivity contribution is -0.576. The Morgan fingerprint density at radius 2 is 0.807 bits per heavy atom. The lowest BCUT2D eigenvalue weighted by Crippen LogP contribution is -2.91. The maximum Gasteiger partial charge on any atom is 0.388 e. The molecule has 145 heavy (non-hydrogen) atoms. The molecule has 0 aliphatic heterocycles. The number of benzene rings is 1. The van der Waals surface area contributed by atoms with E-state index in [1.54, 1.807) is 18.7 Å². The predicted octanol–water partition coefficient (Wildman–Crippen LogP) is -28.1. The van der Waals surface area contributed by atoms with Crippen LogP contribution in [0.4, 0.5) is 5.69 Å². The maximum atomic E-state index is 5.85. The summed E-state index contributed by atoms with van der Waals surface area (Å²) in [4.78, 5) is 77.3. The Balaban J connectivity index is 0. The fourth-order valence-corrected chi connectivity index (χ4v) is 16.2. The normalized spacial score (nSPS) is 20.9. The molecule has 0 spiro atoms. The van der Waals surface area contributed by atoms with E-state index in [1.807, 2.05) is 85.7 Å². The van der Waals surface area contributed by atoms with Gasteiger partial charge in [0, 0.05) is 0 Å². The first kappa shape index (κ1) is 131. The average molecular weight is 2050 g/mol. The van der Waals surface area contributed by atoms with E-state index in [-0.39, 0.29) is 124 Å². The van der Waals surface area contributed by atoms with Crippen LogP contribution in [0.2, 0.25) is 0 Å². The van der Waals surface area contributed by atoms with Crippen LogP contribution in [0.1, 0.15) is 216 Å². The standard InChI is InChI=1S/C12H21N5.C9H17N5.C8H17N5.2C8H15N5.C8H11N5.C7H15N5.2C6H15N5.C5H13N5.2C4H11N5/c13-10(14)16-11(15)17-12-4-7-1-8(5-12)3-9(2-7)6-12;10-8(11)14-9(12)13-7-4-5-1-2-6(7)3-5;4*9-7(10)13-8(11)12-6-4-2-1-3-5-6;8-6(9)12-7(10)11-5-3-1-2-4-5;1-6(2,3)11-5(9)10-4(7)8;1-3-9-6(10-4-2)11-5(7)8;1-3(2)9-5(8)10-4(6)7;1-9(2)4(7)8-3(5)6;1-2-8-4(7)9-3(5)6/h7-9H,1-6H2,(H6,13,14,15,16,17);5-7H,1-4H2,(H6,10,11,12,13,14);6H,1-5H2,(H6,9,10,11,12,13);2,4,6H,1,3,5H2,(H6,9,10,11,12,13);1-2,6H,3-5H2,(H6,9,10,11,12,13);1-5H,(H6,9,10,11,12,13);5H,1-4H2,(H6,8,9,10,11,12);1-3H3,(H6,7,8,9,10,11);3-4H2,1-2H3,(H5,7,8,9,10,11);3H,1-2H3,(H6,6,7,8,9,10);1-2H3,(H5,5,6,7,8);2H2,1H3,(H6,5,6,7,8,9)/p+12. The molecule has 0 saturated heterocycles. The molecule has 5 unspecified atom stereocenters. The number of hydrogen-bond donors (Lipinski definition) is 47. The van der Waals surface area contributed by atoms with Crippen LogP contribution in [0.3, 0.4) is 0 Å². The lowest BCUT2D eigenvalue weighted by atomic mass is 9.53. The zero-order valence-electron chi connectivity index (χ0n) is 86.9. The second kappa shape index (κ2) is 72.8. The van der Waals surface area contributed by atoms with Gasteiger partial charge in [-0.3, -0.25) is 117 Å². The highest BCUT2D eigenvalue weighted by Gasteiger charge is 2.52. The Bertz CT molecular complexity index is 4740. The molecule has 0 amide bonds. The Morgan fingerprint density at radius 1 is 0.393 bits per heavy atom. The minimum absolute atomic E-state index is 0.000749. The molecule has 60 nitrogen and oxygen atoms in total. The van der Waals surface area contributed by atoms with E-state index < -0.39 is 0 Å². The molecule has 0 radical (unpaired) electrons. The van der Waals surface area contributed by atoms with Gasteiger partial charge in [0.2, 0.25) is 0 Å². The van der Waals surface area contributed by atoms with Gasteiger partial charge in [-0.25, -0.2) is 4.99 Å². The van der Waals surface area contributed by atoms with Crippen molar-refractivity contribution in [1.29, 1.82) is 0 Å². The highest BCUT2D eigenvalue weighted by molar-refractivity contribution is 5.95. The van der Waals surface area contributed by atoms with Crippen LogP contribution in [0.15, 0.2) is 115 Å². The summed E-state index contributed by atoms with van der Waals surface area (Å²) >= 11 is 0. The number of fused-ring (bicyclic) bond motifs is 2. The first-order chi connectivity index (χ1) is 67.8. The van der Waals surface area contributed by atoms with E-state index in [0.29, 0.717) is 72.4 Å². The molecule has 5 atom stereocenters. The number of nitrogens with zero attached hydrogens (tertiary/aromatic N) is 13. The number of rotatable bonds is 11. The van der Waals surface area contributed by atoms with Gasteiger partial charge in [-0.2, -0.15) is 0 Å². The van der Waals surface area contributed by atoms with Gasteiger partial charge in [0.05, 0.1) is 81.1 Å². The van der Waals surface area contributed by atoms with Crippen molar-refractivity contribution in [3.63, 3.8) is 0 Å². The van der Waals surface area contributed by atoms with E-state index >= 15 is 0 Å². The highest BCUT2D eigenvalue weighted by Crippen LogP contribution is 2.54. The van der Waals surface area contributed by atoms with Crippen LogP contribution in [0, 0.1) is 29.6 Å². The zero-order valence-corrected chi connectivity index (χ0v) is 86.9. The molecule has 8 fully saturated rings. The fourth-order valence-electron chi connectivity index (χ4n) is 16.2. The first-order valence-corrected chi connectivity index (χ1v) is 47.9. The van der Waals surface area contributed by atoms with Gasteiger partial charge in [0.1, 0.15) is 5.69 Å². The van der Waals surface area contributed by atoms with E-state index in [1.165, 1.54) is 103 Å².